The number of hydrogen-bond acceptors (Lipinski definition) is 2. The van der Waals surface area contributed by atoms with Crippen molar-refractivity contribution in [3.8, 4) is 0 Å². The van der Waals surface area contributed by atoms with Gasteiger partial charge in [0.25, 0.3) is 0 Å². The number of aryl methyl sites for hydroxylation is 3. The molecule has 2 nitrogen and oxygen atoms in total. The summed E-state index contributed by atoms with van der Waals surface area (Å²) in [4.78, 5) is 11.5. The van der Waals surface area contributed by atoms with Gasteiger partial charge in [-0.3, -0.25) is 0 Å². The van der Waals surface area contributed by atoms with E-state index in [0.717, 1.165) is 22.1 Å². The average Bonchev–Trinajstić information content (AvgIpc) is 2.13. The van der Waals surface area contributed by atoms with Gasteiger partial charge in [0.1, 0.15) is 5.58 Å². The predicted molar refractivity (Wildman–Crippen MR) is 61.4 cm³/mol. The highest BCUT2D eigenvalue weighted by Crippen LogP contribution is 2.23. The van der Waals surface area contributed by atoms with Crippen molar-refractivity contribution in [1.29, 1.82) is 0 Å². The van der Waals surface area contributed by atoms with Crippen LogP contribution in [0, 0.1) is 27.7 Å². The zero-order valence-corrected chi connectivity index (χ0v) is 9.47. The minimum Gasteiger partial charge on any atom is -0.422 e. The summed E-state index contributed by atoms with van der Waals surface area (Å²) >= 11 is 0. The molecule has 0 aliphatic carbocycles. The Balaban J connectivity index is 3.05. The van der Waals surface area contributed by atoms with Crippen LogP contribution in [0.4, 0.5) is 0 Å². The van der Waals surface area contributed by atoms with Crippen molar-refractivity contribution in [1.82, 2.24) is 0 Å². The van der Waals surface area contributed by atoms with Gasteiger partial charge in [0, 0.05) is 10.9 Å². The Labute approximate surface area is 88.5 Å². The maximum atomic E-state index is 11.5. The topological polar surface area (TPSA) is 30.2 Å². The molecular weight excluding hydrogens is 188 g/mol. The Bertz CT molecular complexity index is 591. The molecule has 0 atom stereocenters. The minimum atomic E-state index is -0.231. The molecule has 2 heteroatoms. The molecule has 2 aromatic rings. The predicted octanol–water partition coefficient (Wildman–Crippen LogP) is 3.03. The van der Waals surface area contributed by atoms with Crippen molar-refractivity contribution in [3.05, 3.63) is 44.8 Å². The third kappa shape index (κ3) is 1.46. The zero-order valence-electron chi connectivity index (χ0n) is 9.47. The lowest BCUT2D eigenvalue weighted by Crippen LogP contribution is -2.06. The van der Waals surface area contributed by atoms with Crippen LogP contribution in [0.5, 0.6) is 0 Å². The van der Waals surface area contributed by atoms with E-state index in [4.69, 9.17) is 4.42 Å². The summed E-state index contributed by atoms with van der Waals surface area (Å²) in [7, 11) is 0. The molecule has 15 heavy (non-hydrogen) atoms. The van der Waals surface area contributed by atoms with Crippen LogP contribution in [0.3, 0.4) is 0 Å². The lowest BCUT2D eigenvalue weighted by Gasteiger charge is -2.07. The lowest BCUT2D eigenvalue weighted by atomic mass is 10.0. The number of benzene rings is 1. The largest absolute Gasteiger partial charge is 0.422 e. The van der Waals surface area contributed by atoms with Crippen LogP contribution in [0.1, 0.15) is 22.3 Å². The van der Waals surface area contributed by atoms with Crippen LogP contribution in [0.25, 0.3) is 11.0 Å². The Hall–Kier alpha value is -1.57. The van der Waals surface area contributed by atoms with E-state index in [-0.39, 0.29) is 5.63 Å². The quantitative estimate of drug-likeness (QED) is 0.615. The second kappa shape index (κ2) is 3.23. The van der Waals surface area contributed by atoms with Crippen LogP contribution < -0.4 is 5.63 Å². The van der Waals surface area contributed by atoms with E-state index in [9.17, 15) is 4.79 Å². The van der Waals surface area contributed by atoms with E-state index in [1.165, 1.54) is 0 Å². The van der Waals surface area contributed by atoms with Crippen LogP contribution in [0.15, 0.2) is 21.3 Å². The van der Waals surface area contributed by atoms with E-state index in [1.807, 2.05) is 26.8 Å². The van der Waals surface area contributed by atoms with Gasteiger partial charge < -0.3 is 4.42 Å². The fraction of sp³-hybridized carbons (Fsp3) is 0.308. The van der Waals surface area contributed by atoms with Gasteiger partial charge >= 0.3 is 5.63 Å². The first-order valence-corrected chi connectivity index (χ1v) is 5.02. The zero-order chi connectivity index (χ0) is 11.2. The molecule has 1 aromatic heterocycles. The van der Waals surface area contributed by atoms with E-state index in [2.05, 4.69) is 6.07 Å². The summed E-state index contributed by atoms with van der Waals surface area (Å²) < 4.78 is 5.28. The number of fused-ring (bicyclic) bond motifs is 1. The van der Waals surface area contributed by atoms with Gasteiger partial charge in [0.15, 0.2) is 0 Å². The highest BCUT2D eigenvalue weighted by Gasteiger charge is 2.09. The fourth-order valence-electron chi connectivity index (χ4n) is 2.01. The van der Waals surface area contributed by atoms with Gasteiger partial charge in [-0.15, -0.1) is 0 Å². The second-order valence-electron chi connectivity index (χ2n) is 4.09. The maximum Gasteiger partial charge on any atom is 0.339 e. The van der Waals surface area contributed by atoms with Crippen molar-refractivity contribution in [2.75, 3.05) is 0 Å². The summed E-state index contributed by atoms with van der Waals surface area (Å²) in [5, 5.41) is 1.07. The van der Waals surface area contributed by atoms with E-state index < -0.39 is 0 Å². The number of hydrogen-bond donors (Lipinski definition) is 0. The maximum absolute atomic E-state index is 11.5. The van der Waals surface area contributed by atoms with E-state index >= 15 is 0 Å². The Morgan fingerprint density at radius 2 is 1.67 bits per heavy atom. The molecule has 2 rings (SSSR count). The minimum absolute atomic E-state index is 0.231. The van der Waals surface area contributed by atoms with Gasteiger partial charge in [-0.1, -0.05) is 6.07 Å². The Kier molecular flexibility index (Phi) is 2.14. The smallest absolute Gasteiger partial charge is 0.339 e. The first kappa shape index (κ1) is 9.97. The fourth-order valence-corrected chi connectivity index (χ4v) is 2.01. The van der Waals surface area contributed by atoms with Crippen molar-refractivity contribution in [2.24, 2.45) is 0 Å². The third-order valence-corrected chi connectivity index (χ3v) is 2.89. The molecule has 0 saturated carbocycles. The molecular formula is C13H14O2. The summed E-state index contributed by atoms with van der Waals surface area (Å²) in [5.74, 6) is 0. The van der Waals surface area contributed by atoms with Gasteiger partial charge in [0.05, 0.1) is 0 Å². The average molecular weight is 202 g/mol. The first-order chi connectivity index (χ1) is 7.00. The Morgan fingerprint density at radius 1 is 1.00 bits per heavy atom. The molecule has 0 aliphatic heterocycles. The van der Waals surface area contributed by atoms with Gasteiger partial charge in [-0.25, -0.2) is 4.79 Å². The lowest BCUT2D eigenvalue weighted by molar-refractivity contribution is 0.553. The summed E-state index contributed by atoms with van der Waals surface area (Å²) in [5.41, 5.74) is 4.47. The normalized spacial score (nSPS) is 10.9. The molecule has 1 aromatic carbocycles. The second-order valence-corrected chi connectivity index (χ2v) is 4.09. The molecule has 0 fully saturated rings. The van der Waals surface area contributed by atoms with E-state index in [0.29, 0.717) is 11.1 Å². The van der Waals surface area contributed by atoms with Crippen LogP contribution in [-0.2, 0) is 0 Å². The van der Waals surface area contributed by atoms with Gasteiger partial charge in [-0.05, 0) is 50.5 Å². The number of rotatable bonds is 0. The van der Waals surface area contributed by atoms with Crippen molar-refractivity contribution in [2.45, 2.75) is 27.7 Å². The molecule has 0 bridgehead atoms. The van der Waals surface area contributed by atoms with Gasteiger partial charge in [0.2, 0.25) is 0 Å². The molecule has 0 radical (unpaired) electrons. The highest BCUT2D eigenvalue weighted by molar-refractivity contribution is 5.85. The third-order valence-electron chi connectivity index (χ3n) is 2.89. The SMILES string of the molecule is Cc1cc(C)c2c(C)c(C)c(=O)oc2c1. The van der Waals surface area contributed by atoms with Crippen LogP contribution in [-0.4, -0.2) is 0 Å². The van der Waals surface area contributed by atoms with Crippen molar-refractivity contribution < 1.29 is 4.42 Å². The summed E-state index contributed by atoms with van der Waals surface area (Å²) in [6, 6.07) is 4.02. The molecule has 78 valence electrons. The Morgan fingerprint density at radius 3 is 2.33 bits per heavy atom. The molecule has 1 heterocycles. The standard InChI is InChI=1S/C13H14O2/c1-7-5-8(2)12-9(3)10(4)13(14)15-11(12)6-7/h5-6H,1-4H3. The van der Waals surface area contributed by atoms with Gasteiger partial charge in [-0.2, -0.15) is 0 Å². The first-order valence-electron chi connectivity index (χ1n) is 5.02. The van der Waals surface area contributed by atoms with Crippen molar-refractivity contribution >= 4 is 11.0 Å². The van der Waals surface area contributed by atoms with E-state index in [1.54, 1.807) is 6.92 Å². The highest BCUT2D eigenvalue weighted by atomic mass is 16.4. The molecule has 0 amide bonds. The molecule has 0 aliphatic rings. The van der Waals surface area contributed by atoms with Crippen molar-refractivity contribution in [3.63, 3.8) is 0 Å². The molecule has 0 unspecified atom stereocenters. The van der Waals surface area contributed by atoms with Crippen LogP contribution >= 0.6 is 0 Å². The monoisotopic (exact) mass is 202 g/mol. The molecule has 0 spiro atoms. The molecule has 0 N–H and O–H groups in total. The summed E-state index contributed by atoms with van der Waals surface area (Å²) in [6.45, 7) is 7.82. The summed E-state index contributed by atoms with van der Waals surface area (Å²) in [6.07, 6.45) is 0. The molecule has 0 saturated heterocycles. The van der Waals surface area contributed by atoms with Crippen LogP contribution in [0.2, 0.25) is 0 Å².